The van der Waals surface area contributed by atoms with Crippen molar-refractivity contribution in [1.82, 2.24) is 10.6 Å². The van der Waals surface area contributed by atoms with E-state index in [1.807, 2.05) is 0 Å². The van der Waals surface area contributed by atoms with Gasteiger partial charge < -0.3 is 84.3 Å². The molecule has 2 heterocycles. The van der Waals surface area contributed by atoms with Crippen LogP contribution in [0.25, 0.3) is 11.1 Å². The van der Waals surface area contributed by atoms with Gasteiger partial charge in [-0.1, -0.05) is 12.1 Å². The molecule has 0 aromatic heterocycles. The molecule has 2 aromatic rings. The summed E-state index contributed by atoms with van der Waals surface area (Å²) in [6, 6.07) is 10.9. The molecule has 0 saturated carbocycles. The number of carbonyl (C=O) groups is 3. The quantitative estimate of drug-likeness (QED) is 0.0568. The number of carboxylic acids is 1. The lowest BCUT2D eigenvalue weighted by atomic mass is 10.0. The minimum absolute atomic E-state index is 0.0213. The number of rotatable bonds is 22. The lowest BCUT2D eigenvalue weighted by molar-refractivity contribution is -0.294. The van der Waals surface area contributed by atoms with Gasteiger partial charge in [0, 0.05) is 13.1 Å². The molecule has 0 radical (unpaired) electrons. The van der Waals surface area contributed by atoms with E-state index in [4.69, 9.17) is 37.9 Å². The van der Waals surface area contributed by atoms with Crippen molar-refractivity contribution >= 4 is 17.8 Å². The fraction of sp³-hybridized carbons (Fsp3) is 0.595. The van der Waals surface area contributed by atoms with Crippen LogP contribution in [0.2, 0.25) is 0 Å². The first-order valence-electron chi connectivity index (χ1n) is 18.3. The molecule has 2 aromatic carbocycles. The first-order valence-corrected chi connectivity index (χ1v) is 18.3. The number of nitrogens with one attached hydrogen (secondary N) is 2. The zero-order valence-electron chi connectivity index (χ0n) is 31.5. The number of aliphatic hydroxyl groups is 6. The Hall–Kier alpha value is -4.03. The predicted octanol–water partition coefficient (Wildman–Crippen LogP) is -2.24. The number of amides is 2. The van der Waals surface area contributed by atoms with Gasteiger partial charge in [0.2, 0.25) is 0 Å². The molecular weight excluding hydrogens is 760 g/mol. The topological polar surface area (TPSA) is 291 Å². The van der Waals surface area contributed by atoms with Gasteiger partial charge in [-0.15, -0.1) is 0 Å². The number of hydrogen-bond donors (Lipinski definition) is 9. The Morgan fingerprint density at radius 1 is 0.579 bits per heavy atom. The highest BCUT2D eigenvalue weighted by molar-refractivity contribution is 5.90. The van der Waals surface area contributed by atoms with Crippen LogP contribution in [0.3, 0.4) is 0 Å². The van der Waals surface area contributed by atoms with Crippen LogP contribution in [0.4, 0.5) is 0 Å². The molecule has 0 unspecified atom stereocenters. The first-order chi connectivity index (χ1) is 27.2. The van der Waals surface area contributed by atoms with Crippen LogP contribution in [-0.2, 0) is 38.0 Å². The van der Waals surface area contributed by atoms with Gasteiger partial charge in [0.1, 0.15) is 48.1 Å². The van der Waals surface area contributed by atoms with Gasteiger partial charge in [-0.25, -0.2) is 4.79 Å². The lowest BCUT2D eigenvalue weighted by Crippen LogP contribution is -2.57. The monoisotopic (exact) mass is 812 g/mol. The maximum Gasteiger partial charge on any atom is 0.335 e. The molecule has 0 bridgehead atoms. The van der Waals surface area contributed by atoms with Gasteiger partial charge in [-0.3, -0.25) is 9.59 Å². The number of hydrogen-bond acceptors (Lipinski definition) is 17. The van der Waals surface area contributed by atoms with E-state index in [-0.39, 0.29) is 70.7 Å². The lowest BCUT2D eigenvalue weighted by Gasteiger charge is -2.38. The number of ether oxygens (including phenoxy) is 8. The van der Waals surface area contributed by atoms with Crippen LogP contribution >= 0.6 is 0 Å². The highest BCUT2D eigenvalue weighted by Crippen LogP contribution is 2.28. The van der Waals surface area contributed by atoms with Crippen LogP contribution < -0.4 is 20.1 Å². The van der Waals surface area contributed by atoms with Crippen molar-refractivity contribution in [2.45, 2.75) is 75.3 Å². The van der Waals surface area contributed by atoms with Crippen molar-refractivity contribution in [1.29, 1.82) is 0 Å². The van der Waals surface area contributed by atoms with E-state index in [1.165, 1.54) is 12.1 Å². The molecule has 2 saturated heterocycles. The first kappa shape index (κ1) is 45.7. The minimum Gasteiger partial charge on any atom is -0.484 e. The normalized spacial score (nSPS) is 27.4. The summed E-state index contributed by atoms with van der Waals surface area (Å²) in [5.41, 5.74) is 1.05. The molecule has 2 aliphatic rings. The fourth-order valence-corrected chi connectivity index (χ4v) is 5.59. The SMILES string of the molecule is C[C@@H]1O[C@@H](OCCOCCNC(=O)COc2ccc(-c3cc(OCC(=O)NCCOCCO[C@@H]4O[C@@H](C)[C@H](O)[C@@H](O)[C@H]4O)cc(C(=O)O)c3)cc2)[C@H](O)[C@H](O)[C@H]1O. The second kappa shape index (κ2) is 22.8. The van der Waals surface area contributed by atoms with E-state index < -0.39 is 85.8 Å². The van der Waals surface area contributed by atoms with Crippen LogP contribution in [0.15, 0.2) is 42.5 Å². The third-order valence-electron chi connectivity index (χ3n) is 8.85. The van der Waals surface area contributed by atoms with Crippen LogP contribution in [-0.4, -0.2) is 181 Å². The van der Waals surface area contributed by atoms with Crippen molar-refractivity contribution in [2.75, 3.05) is 65.9 Å². The van der Waals surface area contributed by atoms with E-state index >= 15 is 0 Å². The molecule has 57 heavy (non-hydrogen) atoms. The molecule has 2 fully saturated rings. The maximum atomic E-state index is 12.4. The van der Waals surface area contributed by atoms with Crippen molar-refractivity contribution in [3.8, 4) is 22.6 Å². The zero-order valence-corrected chi connectivity index (χ0v) is 31.5. The van der Waals surface area contributed by atoms with E-state index in [0.717, 1.165) is 0 Å². The van der Waals surface area contributed by atoms with Crippen LogP contribution in [0.5, 0.6) is 11.5 Å². The predicted molar refractivity (Wildman–Crippen MR) is 194 cm³/mol. The van der Waals surface area contributed by atoms with Crippen LogP contribution in [0.1, 0.15) is 24.2 Å². The zero-order chi connectivity index (χ0) is 41.5. The maximum absolute atomic E-state index is 12.4. The van der Waals surface area contributed by atoms with Gasteiger partial charge in [0.25, 0.3) is 11.8 Å². The van der Waals surface area contributed by atoms with Crippen molar-refractivity contribution in [3.63, 3.8) is 0 Å². The molecule has 2 aliphatic heterocycles. The molecule has 20 nitrogen and oxygen atoms in total. The summed E-state index contributed by atoms with van der Waals surface area (Å²) in [5, 5.41) is 74.0. The Morgan fingerprint density at radius 2 is 1.05 bits per heavy atom. The highest BCUT2D eigenvalue weighted by atomic mass is 16.7. The molecule has 318 valence electrons. The number of carbonyl (C=O) groups excluding carboxylic acids is 2. The van der Waals surface area contributed by atoms with Gasteiger partial charge in [-0.2, -0.15) is 0 Å². The second-order valence-electron chi connectivity index (χ2n) is 13.2. The summed E-state index contributed by atoms with van der Waals surface area (Å²) in [5.74, 6) is -1.55. The van der Waals surface area contributed by atoms with Gasteiger partial charge in [-0.05, 0) is 55.3 Å². The van der Waals surface area contributed by atoms with Crippen molar-refractivity contribution in [3.05, 3.63) is 48.0 Å². The number of aliphatic hydroxyl groups excluding tert-OH is 6. The largest absolute Gasteiger partial charge is 0.484 e. The average Bonchev–Trinajstić information content (AvgIpc) is 3.20. The van der Waals surface area contributed by atoms with Gasteiger partial charge >= 0.3 is 5.97 Å². The third kappa shape index (κ3) is 14.1. The summed E-state index contributed by atoms with van der Waals surface area (Å²) in [4.78, 5) is 36.4. The Kier molecular flexibility index (Phi) is 18.3. The fourth-order valence-electron chi connectivity index (χ4n) is 5.59. The summed E-state index contributed by atoms with van der Waals surface area (Å²) in [6.45, 7) is 3.31. The summed E-state index contributed by atoms with van der Waals surface area (Å²) in [7, 11) is 0. The molecule has 9 N–H and O–H groups in total. The molecular formula is C37H52N2O18. The molecule has 0 aliphatic carbocycles. The number of carboxylic acid groups (broad SMARTS) is 1. The second-order valence-corrected chi connectivity index (χ2v) is 13.2. The van der Waals surface area contributed by atoms with Gasteiger partial charge in [0.05, 0.1) is 57.4 Å². The molecule has 20 heteroatoms. The standard InChI is InChI=1S/C37H52N2O18/c1-20-29(42)31(44)33(46)36(56-20)52-13-11-50-9-7-38-27(40)18-54-25-5-3-22(4-6-25)23-15-24(35(48)49)17-26(16-23)55-19-28(41)39-8-10-51-12-14-53-37-34(47)32(45)30(43)21(2)57-37/h3-6,15-17,20-21,29-34,36-37,42-47H,7-14,18-19H2,1-2H3,(H,38,40)(H,39,41)(H,48,49)/t20-,21-,29-,30-,31+,32+,33+,34+,36+,37+/m0/s1. The summed E-state index contributed by atoms with van der Waals surface area (Å²) < 4.78 is 43.3. The third-order valence-corrected chi connectivity index (χ3v) is 8.85. The van der Waals surface area contributed by atoms with E-state index in [1.54, 1.807) is 44.2 Å². The molecule has 2 amide bonds. The molecule has 0 spiro atoms. The van der Waals surface area contributed by atoms with Crippen molar-refractivity contribution in [2.24, 2.45) is 0 Å². The Morgan fingerprint density at radius 3 is 1.53 bits per heavy atom. The van der Waals surface area contributed by atoms with E-state index in [0.29, 0.717) is 16.9 Å². The number of benzene rings is 2. The Labute approximate surface area is 328 Å². The highest BCUT2D eigenvalue weighted by Gasteiger charge is 2.43. The van der Waals surface area contributed by atoms with Gasteiger partial charge in [0.15, 0.2) is 25.8 Å². The smallest absolute Gasteiger partial charge is 0.335 e. The number of aromatic carboxylic acids is 1. The van der Waals surface area contributed by atoms with Crippen molar-refractivity contribution < 1.29 is 88.0 Å². The summed E-state index contributed by atoms with van der Waals surface area (Å²) >= 11 is 0. The minimum atomic E-state index is -1.42. The molecule has 4 rings (SSSR count). The van der Waals surface area contributed by atoms with Crippen LogP contribution in [0, 0.1) is 0 Å². The average molecular weight is 813 g/mol. The Bertz CT molecular complexity index is 1570. The Balaban J connectivity index is 1.10. The summed E-state index contributed by atoms with van der Waals surface area (Å²) in [6.07, 6.45) is -11.8. The van der Waals surface area contributed by atoms with E-state index in [9.17, 15) is 50.1 Å². The molecule has 10 atom stereocenters. The van der Waals surface area contributed by atoms with E-state index in [2.05, 4.69) is 10.6 Å².